The van der Waals surface area contributed by atoms with Crippen LogP contribution in [0.3, 0.4) is 0 Å². The highest BCUT2D eigenvalue weighted by molar-refractivity contribution is 6.36. The first-order valence-electron chi connectivity index (χ1n) is 7.85. The van der Waals surface area contributed by atoms with Gasteiger partial charge in [0.15, 0.2) is 6.10 Å². The summed E-state index contributed by atoms with van der Waals surface area (Å²) in [7, 11) is 0. The summed E-state index contributed by atoms with van der Waals surface area (Å²) in [6, 6.07) is 4.66. The quantitative estimate of drug-likeness (QED) is 0.820. The maximum Gasteiger partial charge on any atom is 0.340 e. The third-order valence-corrected chi connectivity index (χ3v) is 4.79. The average molecular weight is 358 g/mol. The fraction of sp³-hybridized carbons (Fsp3) is 0.529. The van der Waals surface area contributed by atoms with Crippen LogP contribution in [0.5, 0.6) is 0 Å². The molecule has 0 radical (unpaired) electrons. The SMILES string of the molecule is C[C@@H](OC(=O)c1ccc(Cl)cc1Cl)C(=O)N[C@H]1CCCC[C@@H]1C. The van der Waals surface area contributed by atoms with E-state index in [0.717, 1.165) is 19.3 Å². The van der Waals surface area contributed by atoms with E-state index >= 15 is 0 Å². The van der Waals surface area contributed by atoms with Crippen molar-refractivity contribution in [3.05, 3.63) is 33.8 Å². The van der Waals surface area contributed by atoms with Gasteiger partial charge in [-0.1, -0.05) is 43.0 Å². The number of benzene rings is 1. The predicted molar refractivity (Wildman–Crippen MR) is 90.9 cm³/mol. The maximum atomic E-state index is 12.2. The van der Waals surface area contributed by atoms with Crippen molar-refractivity contribution in [2.75, 3.05) is 0 Å². The normalized spacial score (nSPS) is 22.3. The maximum absolute atomic E-state index is 12.2. The largest absolute Gasteiger partial charge is 0.449 e. The molecule has 1 saturated carbocycles. The lowest BCUT2D eigenvalue weighted by molar-refractivity contribution is -0.130. The van der Waals surface area contributed by atoms with Crippen molar-refractivity contribution in [2.24, 2.45) is 5.92 Å². The van der Waals surface area contributed by atoms with Gasteiger partial charge < -0.3 is 10.1 Å². The molecule has 1 fully saturated rings. The Morgan fingerprint density at radius 1 is 1.26 bits per heavy atom. The third-order valence-electron chi connectivity index (χ3n) is 4.24. The number of amides is 1. The molecule has 1 aromatic rings. The van der Waals surface area contributed by atoms with Gasteiger partial charge in [-0.05, 0) is 43.9 Å². The molecule has 1 aliphatic rings. The molecule has 6 heteroatoms. The highest BCUT2D eigenvalue weighted by Crippen LogP contribution is 2.24. The van der Waals surface area contributed by atoms with Crippen LogP contribution in [0.25, 0.3) is 0 Å². The smallest absolute Gasteiger partial charge is 0.340 e. The number of hydrogen-bond donors (Lipinski definition) is 1. The Morgan fingerprint density at radius 2 is 1.96 bits per heavy atom. The zero-order chi connectivity index (χ0) is 17.0. The van der Waals surface area contributed by atoms with Gasteiger partial charge in [-0.25, -0.2) is 4.79 Å². The van der Waals surface area contributed by atoms with Crippen LogP contribution in [0.4, 0.5) is 0 Å². The highest BCUT2D eigenvalue weighted by atomic mass is 35.5. The summed E-state index contributed by atoms with van der Waals surface area (Å²) in [6.07, 6.45) is 3.52. The summed E-state index contributed by atoms with van der Waals surface area (Å²) in [5.74, 6) is -0.463. The number of rotatable bonds is 4. The first-order valence-corrected chi connectivity index (χ1v) is 8.60. The summed E-state index contributed by atoms with van der Waals surface area (Å²) in [6.45, 7) is 3.69. The summed E-state index contributed by atoms with van der Waals surface area (Å²) in [5.41, 5.74) is 0.196. The van der Waals surface area contributed by atoms with Gasteiger partial charge in [-0.15, -0.1) is 0 Å². The molecular weight excluding hydrogens is 337 g/mol. The van der Waals surface area contributed by atoms with E-state index in [0.29, 0.717) is 10.9 Å². The standard InChI is InChI=1S/C17H21Cl2NO3/c1-10-5-3-4-6-15(10)20-16(21)11(2)23-17(22)13-8-7-12(18)9-14(13)19/h7-11,15H,3-6H2,1-2H3,(H,20,21)/t10-,11+,15-/m0/s1. The molecule has 0 heterocycles. The molecule has 1 aliphatic carbocycles. The topological polar surface area (TPSA) is 55.4 Å². The Balaban J connectivity index is 1.93. The molecule has 0 unspecified atom stereocenters. The van der Waals surface area contributed by atoms with Crippen molar-refractivity contribution in [2.45, 2.75) is 51.7 Å². The van der Waals surface area contributed by atoms with Gasteiger partial charge in [0, 0.05) is 11.1 Å². The molecule has 0 saturated heterocycles. The van der Waals surface area contributed by atoms with Crippen LogP contribution in [0.2, 0.25) is 10.0 Å². The van der Waals surface area contributed by atoms with Crippen LogP contribution in [0.1, 0.15) is 49.9 Å². The van der Waals surface area contributed by atoms with E-state index in [1.807, 2.05) is 0 Å². The number of ether oxygens (including phenoxy) is 1. The van der Waals surface area contributed by atoms with Crippen molar-refractivity contribution >= 4 is 35.1 Å². The first kappa shape index (κ1) is 18.1. The lowest BCUT2D eigenvalue weighted by Gasteiger charge is -2.30. The van der Waals surface area contributed by atoms with Gasteiger partial charge in [0.25, 0.3) is 5.91 Å². The summed E-state index contributed by atoms with van der Waals surface area (Å²) in [4.78, 5) is 24.3. The minimum Gasteiger partial charge on any atom is -0.449 e. The number of esters is 1. The fourth-order valence-corrected chi connectivity index (χ4v) is 3.25. The van der Waals surface area contributed by atoms with Crippen molar-refractivity contribution in [1.29, 1.82) is 0 Å². The van der Waals surface area contributed by atoms with Crippen molar-refractivity contribution in [3.63, 3.8) is 0 Å². The molecule has 2 rings (SSSR count). The van der Waals surface area contributed by atoms with Crippen LogP contribution < -0.4 is 5.32 Å². The van der Waals surface area contributed by atoms with Gasteiger partial charge in [0.1, 0.15) is 0 Å². The number of nitrogens with one attached hydrogen (secondary N) is 1. The Morgan fingerprint density at radius 3 is 2.61 bits per heavy atom. The molecular formula is C17H21Cl2NO3. The summed E-state index contributed by atoms with van der Waals surface area (Å²) >= 11 is 11.8. The molecule has 4 nitrogen and oxygen atoms in total. The molecule has 3 atom stereocenters. The lowest BCUT2D eigenvalue weighted by atomic mass is 9.86. The summed E-state index contributed by atoms with van der Waals surface area (Å²) < 4.78 is 5.22. The van der Waals surface area contributed by atoms with Crippen molar-refractivity contribution in [1.82, 2.24) is 5.32 Å². The van der Waals surface area contributed by atoms with Gasteiger partial charge in [-0.2, -0.15) is 0 Å². The minimum absolute atomic E-state index is 0.150. The van der Waals surface area contributed by atoms with Crippen LogP contribution in [0.15, 0.2) is 18.2 Å². The Kier molecular flexibility index (Phi) is 6.31. The second kappa shape index (κ2) is 8.02. The first-order chi connectivity index (χ1) is 10.9. The van der Waals surface area contributed by atoms with Gasteiger partial charge in [0.05, 0.1) is 10.6 Å². The molecule has 0 aliphatic heterocycles. The van der Waals surface area contributed by atoms with Gasteiger partial charge in [0.2, 0.25) is 0 Å². The minimum atomic E-state index is -0.872. The van der Waals surface area contributed by atoms with Crippen LogP contribution in [0, 0.1) is 5.92 Å². The second-order valence-electron chi connectivity index (χ2n) is 6.05. The lowest BCUT2D eigenvalue weighted by Crippen LogP contribution is -2.46. The number of hydrogen-bond acceptors (Lipinski definition) is 3. The van der Waals surface area contributed by atoms with Crippen LogP contribution in [-0.2, 0) is 9.53 Å². The van der Waals surface area contributed by atoms with E-state index in [2.05, 4.69) is 12.2 Å². The van der Waals surface area contributed by atoms with E-state index in [4.69, 9.17) is 27.9 Å². The van der Waals surface area contributed by atoms with Crippen molar-refractivity contribution in [3.8, 4) is 0 Å². The van der Waals surface area contributed by atoms with Crippen LogP contribution in [-0.4, -0.2) is 24.0 Å². The third kappa shape index (κ3) is 4.85. The molecule has 126 valence electrons. The average Bonchev–Trinajstić information content (AvgIpc) is 2.49. The molecule has 1 aromatic carbocycles. The van der Waals surface area contributed by atoms with Gasteiger partial charge in [-0.3, -0.25) is 4.79 Å². The molecule has 23 heavy (non-hydrogen) atoms. The fourth-order valence-electron chi connectivity index (χ4n) is 2.76. The van der Waals surface area contributed by atoms with E-state index in [1.165, 1.54) is 18.6 Å². The second-order valence-corrected chi connectivity index (χ2v) is 6.89. The molecule has 1 N–H and O–H groups in total. The van der Waals surface area contributed by atoms with E-state index in [-0.39, 0.29) is 22.5 Å². The van der Waals surface area contributed by atoms with E-state index in [1.54, 1.807) is 13.0 Å². The Labute approximate surface area is 146 Å². The van der Waals surface area contributed by atoms with E-state index in [9.17, 15) is 9.59 Å². The monoisotopic (exact) mass is 357 g/mol. The predicted octanol–water partition coefficient (Wildman–Crippen LogP) is 4.23. The zero-order valence-electron chi connectivity index (χ0n) is 13.3. The summed E-state index contributed by atoms with van der Waals surface area (Å²) in [5, 5.41) is 3.62. The van der Waals surface area contributed by atoms with E-state index < -0.39 is 12.1 Å². The van der Waals surface area contributed by atoms with Gasteiger partial charge >= 0.3 is 5.97 Å². The highest BCUT2D eigenvalue weighted by Gasteiger charge is 2.26. The molecule has 1 amide bonds. The Bertz CT molecular complexity index is 591. The zero-order valence-corrected chi connectivity index (χ0v) is 14.8. The number of carbonyl (C=O) groups excluding carboxylic acids is 2. The Hall–Kier alpha value is -1.26. The molecule has 0 aromatic heterocycles. The number of halogens is 2. The van der Waals surface area contributed by atoms with Crippen LogP contribution >= 0.6 is 23.2 Å². The molecule has 0 bridgehead atoms. The van der Waals surface area contributed by atoms with Crippen molar-refractivity contribution < 1.29 is 14.3 Å². The number of carbonyl (C=O) groups is 2. The molecule has 0 spiro atoms.